The third-order valence-corrected chi connectivity index (χ3v) is 3.38. The fourth-order valence-electron chi connectivity index (χ4n) is 2.06. The highest BCUT2D eigenvalue weighted by Crippen LogP contribution is 2.37. The number of benzene rings is 1. The van der Waals surface area contributed by atoms with Crippen LogP contribution in [-0.4, -0.2) is 19.6 Å². The van der Waals surface area contributed by atoms with Gasteiger partial charge in [-0.05, 0) is 37.3 Å². The van der Waals surface area contributed by atoms with Crippen LogP contribution in [0, 0.1) is 11.6 Å². The third kappa shape index (κ3) is 2.57. The van der Waals surface area contributed by atoms with Crippen LogP contribution in [0.3, 0.4) is 0 Å². The zero-order chi connectivity index (χ0) is 12.6. The fourth-order valence-corrected chi connectivity index (χ4v) is 2.06. The van der Waals surface area contributed by atoms with Crippen molar-refractivity contribution in [2.24, 2.45) is 5.73 Å². The van der Waals surface area contributed by atoms with Crippen molar-refractivity contribution in [1.82, 2.24) is 0 Å². The van der Waals surface area contributed by atoms with Crippen molar-refractivity contribution >= 4 is 5.69 Å². The average Bonchev–Trinajstić information content (AvgIpc) is 2.98. The summed E-state index contributed by atoms with van der Waals surface area (Å²) in [5, 5.41) is 0. The van der Waals surface area contributed by atoms with E-state index in [2.05, 4.69) is 0 Å². The maximum atomic E-state index is 13.7. The first-order chi connectivity index (χ1) is 7.93. The van der Waals surface area contributed by atoms with Crippen LogP contribution in [0.1, 0.15) is 24.8 Å². The molecule has 1 aromatic carbocycles. The number of aryl methyl sites for hydroxylation is 1. The van der Waals surface area contributed by atoms with Gasteiger partial charge in [0.05, 0.1) is 5.69 Å². The van der Waals surface area contributed by atoms with Gasteiger partial charge in [-0.1, -0.05) is 6.07 Å². The molecule has 0 amide bonds. The Bertz CT molecular complexity index is 426. The Hall–Kier alpha value is -1.16. The maximum absolute atomic E-state index is 13.7. The highest BCUT2D eigenvalue weighted by atomic mass is 19.2. The molecular formula is C13H18F2N2. The van der Waals surface area contributed by atoms with Crippen molar-refractivity contribution in [3.8, 4) is 0 Å². The van der Waals surface area contributed by atoms with Crippen LogP contribution in [0.4, 0.5) is 14.5 Å². The molecule has 0 atom stereocenters. The van der Waals surface area contributed by atoms with Gasteiger partial charge in [-0.3, -0.25) is 0 Å². The molecule has 4 heteroatoms. The number of hydrogen-bond donors (Lipinski definition) is 1. The molecule has 1 aliphatic rings. The monoisotopic (exact) mass is 240 g/mol. The molecule has 1 saturated carbocycles. The van der Waals surface area contributed by atoms with Crippen LogP contribution >= 0.6 is 0 Å². The van der Waals surface area contributed by atoms with Gasteiger partial charge in [0.15, 0.2) is 11.6 Å². The second-order valence-corrected chi connectivity index (χ2v) is 5.13. The van der Waals surface area contributed by atoms with Crippen molar-refractivity contribution in [2.45, 2.75) is 31.2 Å². The number of hydrogen-bond acceptors (Lipinski definition) is 2. The lowest BCUT2D eigenvalue weighted by Crippen LogP contribution is -2.23. The van der Waals surface area contributed by atoms with E-state index in [1.54, 1.807) is 25.1 Å². The largest absolute Gasteiger partial charge is 0.375 e. The van der Waals surface area contributed by atoms with Crippen molar-refractivity contribution in [2.75, 3.05) is 19.0 Å². The Labute approximate surface area is 100 Å². The summed E-state index contributed by atoms with van der Waals surface area (Å²) in [6.45, 7) is 0. The lowest BCUT2D eigenvalue weighted by atomic mass is 10.0. The first-order valence-corrected chi connectivity index (χ1v) is 5.86. The molecular weight excluding hydrogens is 222 g/mol. The van der Waals surface area contributed by atoms with Gasteiger partial charge in [-0.15, -0.1) is 0 Å². The first kappa shape index (κ1) is 12.3. The van der Waals surface area contributed by atoms with E-state index in [-0.39, 0.29) is 5.54 Å². The molecule has 2 N–H and O–H groups in total. The summed E-state index contributed by atoms with van der Waals surface area (Å²) >= 11 is 0. The van der Waals surface area contributed by atoms with Crippen LogP contribution in [-0.2, 0) is 6.42 Å². The number of nitrogens with two attached hydrogens (primary N) is 1. The molecule has 0 bridgehead atoms. The van der Waals surface area contributed by atoms with Gasteiger partial charge in [0.25, 0.3) is 0 Å². The first-order valence-electron chi connectivity index (χ1n) is 5.86. The summed E-state index contributed by atoms with van der Waals surface area (Å²) in [6.07, 6.45) is 3.60. The molecule has 94 valence electrons. The molecule has 1 aromatic rings. The highest BCUT2D eigenvalue weighted by molar-refractivity contribution is 5.54. The molecule has 1 fully saturated rings. The fraction of sp³-hybridized carbons (Fsp3) is 0.538. The standard InChI is InChI=1S/C13H18F2N2/c1-17(2)12-9(3-4-10(14)11(12)15)5-6-13(16)7-8-13/h3-4H,5-8,16H2,1-2H3. The van der Waals surface area contributed by atoms with Gasteiger partial charge in [0.1, 0.15) is 0 Å². The van der Waals surface area contributed by atoms with E-state index in [0.29, 0.717) is 12.1 Å². The topological polar surface area (TPSA) is 29.3 Å². The summed E-state index contributed by atoms with van der Waals surface area (Å²) in [5.74, 6) is -1.57. The van der Waals surface area contributed by atoms with E-state index in [1.807, 2.05) is 0 Å². The predicted molar refractivity (Wildman–Crippen MR) is 65.2 cm³/mol. The summed E-state index contributed by atoms with van der Waals surface area (Å²) in [7, 11) is 3.44. The third-order valence-electron chi connectivity index (χ3n) is 3.38. The zero-order valence-electron chi connectivity index (χ0n) is 10.3. The van der Waals surface area contributed by atoms with Crippen molar-refractivity contribution in [3.05, 3.63) is 29.3 Å². The van der Waals surface area contributed by atoms with Crippen molar-refractivity contribution in [1.29, 1.82) is 0 Å². The van der Waals surface area contributed by atoms with Crippen LogP contribution in [0.5, 0.6) is 0 Å². The normalized spacial score (nSPS) is 17.0. The quantitative estimate of drug-likeness (QED) is 0.876. The Morgan fingerprint density at radius 2 is 1.94 bits per heavy atom. The van der Waals surface area contributed by atoms with Crippen molar-refractivity contribution in [3.63, 3.8) is 0 Å². The molecule has 0 saturated heterocycles. The van der Waals surface area contributed by atoms with Gasteiger partial charge in [0, 0.05) is 19.6 Å². The minimum Gasteiger partial charge on any atom is -0.375 e. The molecule has 0 spiro atoms. The molecule has 0 unspecified atom stereocenters. The number of nitrogens with zero attached hydrogens (tertiary/aromatic N) is 1. The zero-order valence-corrected chi connectivity index (χ0v) is 10.3. The van der Waals surface area contributed by atoms with Gasteiger partial charge >= 0.3 is 0 Å². The second kappa shape index (κ2) is 4.26. The maximum Gasteiger partial charge on any atom is 0.182 e. The van der Waals surface area contributed by atoms with Crippen LogP contribution in [0.2, 0.25) is 0 Å². The van der Waals surface area contributed by atoms with Crippen LogP contribution in [0.25, 0.3) is 0 Å². The summed E-state index contributed by atoms with van der Waals surface area (Å²) < 4.78 is 26.9. The van der Waals surface area contributed by atoms with Gasteiger partial charge in [-0.2, -0.15) is 0 Å². The number of anilines is 1. The molecule has 1 aliphatic carbocycles. The SMILES string of the molecule is CN(C)c1c(CCC2(N)CC2)ccc(F)c1F. The second-order valence-electron chi connectivity index (χ2n) is 5.13. The Kier molecular flexibility index (Phi) is 3.08. The average molecular weight is 240 g/mol. The van der Waals surface area contributed by atoms with E-state index < -0.39 is 11.6 Å². The molecule has 2 nitrogen and oxygen atoms in total. The molecule has 0 radical (unpaired) electrons. The van der Waals surface area contributed by atoms with E-state index in [0.717, 1.165) is 24.8 Å². The minimum absolute atomic E-state index is 0.0611. The number of rotatable bonds is 4. The van der Waals surface area contributed by atoms with E-state index in [1.165, 1.54) is 6.07 Å². The summed E-state index contributed by atoms with van der Waals surface area (Å²) in [6, 6.07) is 2.84. The molecule has 0 aromatic heterocycles. The molecule has 2 rings (SSSR count). The van der Waals surface area contributed by atoms with E-state index in [4.69, 9.17) is 5.73 Å². The van der Waals surface area contributed by atoms with Crippen LogP contribution in [0.15, 0.2) is 12.1 Å². The lowest BCUT2D eigenvalue weighted by Gasteiger charge is -2.19. The molecule has 0 heterocycles. The Morgan fingerprint density at radius 1 is 1.29 bits per heavy atom. The van der Waals surface area contributed by atoms with Crippen LogP contribution < -0.4 is 10.6 Å². The van der Waals surface area contributed by atoms with Gasteiger partial charge in [-0.25, -0.2) is 8.78 Å². The van der Waals surface area contributed by atoms with Crippen molar-refractivity contribution < 1.29 is 8.78 Å². The van der Waals surface area contributed by atoms with Gasteiger partial charge in [0.2, 0.25) is 0 Å². The number of halogens is 2. The molecule has 0 aliphatic heterocycles. The van der Waals surface area contributed by atoms with Gasteiger partial charge < -0.3 is 10.6 Å². The summed E-state index contributed by atoms with van der Waals surface area (Å²) in [5.41, 5.74) is 7.11. The highest BCUT2D eigenvalue weighted by Gasteiger charge is 2.37. The Balaban J connectivity index is 2.23. The molecule has 17 heavy (non-hydrogen) atoms. The summed E-state index contributed by atoms with van der Waals surface area (Å²) in [4.78, 5) is 1.61. The smallest absolute Gasteiger partial charge is 0.182 e. The lowest BCUT2D eigenvalue weighted by molar-refractivity contribution is 0.506. The Morgan fingerprint density at radius 3 is 2.47 bits per heavy atom. The predicted octanol–water partition coefficient (Wildman–Crippen LogP) is 2.45. The van der Waals surface area contributed by atoms with E-state index in [9.17, 15) is 8.78 Å². The van der Waals surface area contributed by atoms with E-state index >= 15 is 0 Å². The minimum atomic E-state index is -0.800.